The molecule has 0 aliphatic carbocycles. The molecule has 0 saturated carbocycles. The third-order valence-corrected chi connectivity index (χ3v) is 5.09. The molecule has 0 atom stereocenters. The van der Waals surface area contributed by atoms with Crippen LogP contribution in [0.5, 0.6) is 0 Å². The molecule has 2 aromatic heterocycles. The van der Waals surface area contributed by atoms with Gasteiger partial charge in [0.2, 0.25) is 11.8 Å². The van der Waals surface area contributed by atoms with Crippen LogP contribution in [0, 0.1) is 6.92 Å². The molecule has 6 nitrogen and oxygen atoms in total. The summed E-state index contributed by atoms with van der Waals surface area (Å²) in [6, 6.07) is 11.2. The van der Waals surface area contributed by atoms with E-state index in [2.05, 4.69) is 20.6 Å². The Bertz CT molecular complexity index is 989. The SMILES string of the molecule is CC(=O)Nc1nc(C)c(-c2cnc(Cl)c(NC(=O)Cc3ccccc3)c2)s1. The van der Waals surface area contributed by atoms with E-state index < -0.39 is 0 Å². The highest BCUT2D eigenvalue weighted by molar-refractivity contribution is 7.19. The van der Waals surface area contributed by atoms with Crippen molar-refractivity contribution < 1.29 is 9.59 Å². The summed E-state index contributed by atoms with van der Waals surface area (Å²) in [7, 11) is 0. The molecule has 3 aromatic rings. The minimum absolute atomic E-state index is 0.179. The fourth-order valence-electron chi connectivity index (χ4n) is 2.50. The van der Waals surface area contributed by atoms with Crippen molar-refractivity contribution in [1.29, 1.82) is 0 Å². The van der Waals surface area contributed by atoms with E-state index in [0.717, 1.165) is 21.7 Å². The van der Waals surface area contributed by atoms with E-state index in [1.807, 2.05) is 37.3 Å². The summed E-state index contributed by atoms with van der Waals surface area (Å²) in [5.74, 6) is -0.361. The molecule has 0 radical (unpaired) electrons. The van der Waals surface area contributed by atoms with Crippen molar-refractivity contribution in [2.24, 2.45) is 0 Å². The van der Waals surface area contributed by atoms with E-state index in [4.69, 9.17) is 11.6 Å². The number of benzene rings is 1. The number of anilines is 2. The van der Waals surface area contributed by atoms with Crippen LogP contribution in [-0.4, -0.2) is 21.8 Å². The lowest BCUT2D eigenvalue weighted by molar-refractivity contribution is -0.116. The van der Waals surface area contributed by atoms with Gasteiger partial charge in [-0.05, 0) is 18.6 Å². The zero-order valence-corrected chi connectivity index (χ0v) is 16.3. The maximum Gasteiger partial charge on any atom is 0.228 e. The van der Waals surface area contributed by atoms with Crippen LogP contribution in [0.2, 0.25) is 5.15 Å². The lowest BCUT2D eigenvalue weighted by atomic mass is 10.1. The van der Waals surface area contributed by atoms with Gasteiger partial charge >= 0.3 is 0 Å². The second kappa shape index (κ2) is 8.28. The Morgan fingerprint density at radius 3 is 2.63 bits per heavy atom. The molecule has 2 amide bonds. The fraction of sp³-hybridized carbons (Fsp3) is 0.158. The summed E-state index contributed by atoms with van der Waals surface area (Å²) in [6.07, 6.45) is 1.86. The lowest BCUT2D eigenvalue weighted by Crippen LogP contribution is -2.15. The number of nitrogens with one attached hydrogen (secondary N) is 2. The summed E-state index contributed by atoms with van der Waals surface area (Å²) >= 11 is 7.49. The second-order valence-electron chi connectivity index (χ2n) is 5.89. The maximum atomic E-state index is 12.3. The van der Waals surface area contributed by atoms with E-state index in [1.54, 1.807) is 12.3 Å². The van der Waals surface area contributed by atoms with Gasteiger partial charge in [0.15, 0.2) is 10.3 Å². The topological polar surface area (TPSA) is 84.0 Å². The number of rotatable bonds is 5. The average molecular weight is 401 g/mol. The molecule has 2 heterocycles. The van der Waals surface area contributed by atoms with Crippen molar-refractivity contribution >= 4 is 45.6 Å². The molecule has 0 aliphatic heterocycles. The molecule has 138 valence electrons. The first-order valence-electron chi connectivity index (χ1n) is 8.17. The minimum atomic E-state index is -0.182. The summed E-state index contributed by atoms with van der Waals surface area (Å²) in [5, 5.41) is 6.21. The number of aromatic nitrogens is 2. The highest BCUT2D eigenvalue weighted by Gasteiger charge is 2.14. The van der Waals surface area contributed by atoms with Crippen LogP contribution < -0.4 is 10.6 Å². The van der Waals surface area contributed by atoms with Crippen molar-refractivity contribution in [3.63, 3.8) is 0 Å². The lowest BCUT2D eigenvalue weighted by Gasteiger charge is -2.09. The van der Waals surface area contributed by atoms with Gasteiger partial charge < -0.3 is 10.6 Å². The number of pyridine rings is 1. The normalized spacial score (nSPS) is 10.5. The second-order valence-corrected chi connectivity index (χ2v) is 7.24. The molecule has 3 rings (SSSR count). The highest BCUT2D eigenvalue weighted by Crippen LogP contribution is 2.35. The van der Waals surface area contributed by atoms with Gasteiger partial charge in [0, 0.05) is 18.7 Å². The molecule has 0 unspecified atom stereocenters. The Morgan fingerprint density at radius 1 is 1.19 bits per heavy atom. The number of thiazole rings is 1. The zero-order chi connectivity index (χ0) is 19.4. The van der Waals surface area contributed by atoms with Crippen LogP contribution in [0.15, 0.2) is 42.6 Å². The number of carbonyl (C=O) groups is 2. The number of hydrogen-bond acceptors (Lipinski definition) is 5. The highest BCUT2D eigenvalue weighted by atomic mass is 35.5. The van der Waals surface area contributed by atoms with E-state index in [9.17, 15) is 9.59 Å². The van der Waals surface area contributed by atoms with E-state index in [-0.39, 0.29) is 23.4 Å². The quantitative estimate of drug-likeness (QED) is 0.625. The van der Waals surface area contributed by atoms with Crippen molar-refractivity contribution in [2.45, 2.75) is 20.3 Å². The predicted molar refractivity (Wildman–Crippen MR) is 108 cm³/mol. The van der Waals surface area contributed by atoms with E-state index >= 15 is 0 Å². The summed E-state index contributed by atoms with van der Waals surface area (Å²) in [4.78, 5) is 32.9. The first-order chi connectivity index (χ1) is 12.9. The predicted octanol–water partition coefficient (Wildman–Crippen LogP) is 4.31. The number of halogens is 1. The molecule has 0 saturated heterocycles. The summed E-state index contributed by atoms with van der Waals surface area (Å²) < 4.78 is 0. The Balaban J connectivity index is 1.81. The van der Waals surface area contributed by atoms with Crippen molar-refractivity contribution in [2.75, 3.05) is 10.6 Å². The van der Waals surface area contributed by atoms with Gasteiger partial charge in [-0.1, -0.05) is 53.3 Å². The van der Waals surface area contributed by atoms with Gasteiger partial charge in [-0.25, -0.2) is 9.97 Å². The Kier molecular flexibility index (Phi) is 5.83. The molecule has 1 aromatic carbocycles. The number of carbonyl (C=O) groups excluding carboxylic acids is 2. The van der Waals surface area contributed by atoms with Gasteiger partial charge in [-0.15, -0.1) is 0 Å². The largest absolute Gasteiger partial charge is 0.323 e. The van der Waals surface area contributed by atoms with Crippen molar-refractivity contribution in [3.05, 3.63) is 59.0 Å². The monoisotopic (exact) mass is 400 g/mol. The number of amides is 2. The third kappa shape index (κ3) is 4.90. The van der Waals surface area contributed by atoms with Crippen LogP contribution in [0.4, 0.5) is 10.8 Å². The van der Waals surface area contributed by atoms with Gasteiger partial charge in [0.05, 0.1) is 22.7 Å². The van der Waals surface area contributed by atoms with Crippen LogP contribution in [0.1, 0.15) is 18.2 Å². The third-order valence-electron chi connectivity index (χ3n) is 3.66. The van der Waals surface area contributed by atoms with Crippen LogP contribution >= 0.6 is 22.9 Å². The number of hydrogen-bond donors (Lipinski definition) is 2. The van der Waals surface area contributed by atoms with E-state index in [0.29, 0.717) is 10.8 Å². The van der Waals surface area contributed by atoms with Gasteiger partial charge in [-0.2, -0.15) is 0 Å². The molecule has 27 heavy (non-hydrogen) atoms. The Labute approximate surface area is 165 Å². The summed E-state index contributed by atoms with van der Waals surface area (Å²) in [6.45, 7) is 3.28. The molecular weight excluding hydrogens is 384 g/mol. The van der Waals surface area contributed by atoms with E-state index in [1.165, 1.54) is 18.3 Å². The first-order valence-corrected chi connectivity index (χ1v) is 9.36. The Morgan fingerprint density at radius 2 is 1.93 bits per heavy atom. The van der Waals surface area contributed by atoms with Crippen LogP contribution in [0.3, 0.4) is 0 Å². The average Bonchev–Trinajstić information content (AvgIpc) is 2.97. The summed E-state index contributed by atoms with van der Waals surface area (Å²) in [5.41, 5.74) is 2.87. The zero-order valence-electron chi connectivity index (χ0n) is 14.7. The molecule has 0 fully saturated rings. The van der Waals surface area contributed by atoms with Crippen molar-refractivity contribution in [3.8, 4) is 10.4 Å². The first kappa shape index (κ1) is 19.0. The van der Waals surface area contributed by atoms with Gasteiger partial charge in [0.25, 0.3) is 0 Å². The molecule has 0 aliphatic rings. The van der Waals surface area contributed by atoms with Crippen LogP contribution in [-0.2, 0) is 16.0 Å². The van der Waals surface area contributed by atoms with Gasteiger partial charge in [0.1, 0.15) is 0 Å². The smallest absolute Gasteiger partial charge is 0.228 e. The maximum absolute atomic E-state index is 12.3. The Hall–Kier alpha value is -2.77. The van der Waals surface area contributed by atoms with Gasteiger partial charge in [-0.3, -0.25) is 9.59 Å². The molecule has 2 N–H and O–H groups in total. The van der Waals surface area contributed by atoms with Crippen molar-refractivity contribution in [1.82, 2.24) is 9.97 Å². The fourth-order valence-corrected chi connectivity index (χ4v) is 3.65. The molecular formula is C19H17ClN4O2S. The number of aryl methyl sites for hydroxylation is 1. The number of nitrogens with zero attached hydrogens (tertiary/aromatic N) is 2. The molecule has 8 heteroatoms. The van der Waals surface area contributed by atoms with Crippen LogP contribution in [0.25, 0.3) is 10.4 Å². The molecule has 0 bridgehead atoms. The minimum Gasteiger partial charge on any atom is -0.323 e. The standard InChI is InChI=1S/C19H17ClN4O2S/c1-11-17(27-19(22-11)23-12(2)25)14-9-15(18(20)21-10-14)24-16(26)8-13-6-4-3-5-7-13/h3-7,9-10H,8H2,1-2H3,(H,24,26)(H,22,23,25). The molecule has 0 spiro atoms.